The van der Waals surface area contributed by atoms with E-state index in [0.717, 1.165) is 11.0 Å². The monoisotopic (exact) mass is 466 g/mol. The molecule has 2 aromatic carbocycles. The second kappa shape index (κ2) is 8.55. The minimum Gasteiger partial charge on any atom is -0.340 e. The third kappa shape index (κ3) is 4.18. The maximum atomic E-state index is 12.9. The number of imidazole rings is 1. The summed E-state index contributed by atoms with van der Waals surface area (Å²) >= 11 is 12.0. The number of hydrogen-bond donors (Lipinski definition) is 0. The fourth-order valence-electron chi connectivity index (χ4n) is 3.55. The molecule has 2 heterocycles. The van der Waals surface area contributed by atoms with Gasteiger partial charge in [0.15, 0.2) is 0 Å². The van der Waals surface area contributed by atoms with Crippen LogP contribution in [0.15, 0.2) is 53.7 Å². The Morgan fingerprint density at radius 2 is 1.77 bits per heavy atom. The van der Waals surface area contributed by atoms with Crippen LogP contribution >= 0.6 is 23.2 Å². The van der Waals surface area contributed by atoms with Crippen molar-refractivity contribution >= 4 is 50.2 Å². The predicted octanol–water partition coefficient (Wildman–Crippen LogP) is 3.27. The van der Waals surface area contributed by atoms with Gasteiger partial charge in [0.25, 0.3) is 0 Å². The van der Waals surface area contributed by atoms with Crippen LogP contribution in [0.3, 0.4) is 0 Å². The van der Waals surface area contributed by atoms with Gasteiger partial charge in [-0.25, -0.2) is 13.4 Å². The number of nitrogens with zero attached hydrogens (tertiary/aromatic N) is 4. The maximum Gasteiger partial charge on any atom is 0.244 e. The number of piperazine rings is 1. The van der Waals surface area contributed by atoms with Crippen molar-refractivity contribution in [3.05, 3.63) is 58.8 Å². The second-order valence-corrected chi connectivity index (χ2v) is 9.79. The maximum absolute atomic E-state index is 12.9. The van der Waals surface area contributed by atoms with Crippen molar-refractivity contribution in [2.75, 3.05) is 26.2 Å². The molecule has 3 aromatic rings. The van der Waals surface area contributed by atoms with Crippen LogP contribution in [0.4, 0.5) is 0 Å². The Morgan fingerprint density at radius 3 is 2.53 bits per heavy atom. The number of para-hydroxylation sites is 2. The van der Waals surface area contributed by atoms with Gasteiger partial charge in [-0.3, -0.25) is 4.79 Å². The van der Waals surface area contributed by atoms with Crippen molar-refractivity contribution in [3.8, 4) is 0 Å². The fourth-order valence-corrected chi connectivity index (χ4v) is 5.71. The first-order valence-electron chi connectivity index (χ1n) is 9.49. The topological polar surface area (TPSA) is 75.5 Å². The van der Waals surface area contributed by atoms with Crippen LogP contribution < -0.4 is 0 Å². The normalized spacial score (nSPS) is 15.6. The number of amides is 1. The van der Waals surface area contributed by atoms with Crippen LogP contribution in [0.5, 0.6) is 0 Å². The molecule has 1 aliphatic heterocycles. The number of sulfonamides is 1. The second-order valence-electron chi connectivity index (χ2n) is 7.04. The fraction of sp³-hybridized carbons (Fsp3) is 0.300. The molecule has 158 valence electrons. The average molecular weight is 467 g/mol. The lowest BCUT2D eigenvalue weighted by Crippen LogP contribution is -2.50. The Balaban J connectivity index is 1.37. The molecule has 0 atom stereocenters. The van der Waals surface area contributed by atoms with Crippen LogP contribution in [0, 0.1) is 0 Å². The highest BCUT2D eigenvalue weighted by Crippen LogP contribution is 2.28. The lowest BCUT2D eigenvalue weighted by Gasteiger charge is -2.34. The van der Waals surface area contributed by atoms with Gasteiger partial charge in [0, 0.05) is 44.2 Å². The van der Waals surface area contributed by atoms with Crippen molar-refractivity contribution in [1.82, 2.24) is 18.8 Å². The van der Waals surface area contributed by atoms with Crippen molar-refractivity contribution < 1.29 is 13.2 Å². The molecule has 1 amide bonds. The van der Waals surface area contributed by atoms with E-state index in [1.54, 1.807) is 17.3 Å². The molecule has 30 heavy (non-hydrogen) atoms. The van der Waals surface area contributed by atoms with E-state index in [9.17, 15) is 13.2 Å². The highest BCUT2D eigenvalue weighted by Gasteiger charge is 2.31. The van der Waals surface area contributed by atoms with Gasteiger partial charge in [-0.2, -0.15) is 4.31 Å². The third-order valence-corrected chi connectivity index (χ3v) is 7.81. The molecule has 0 saturated carbocycles. The van der Waals surface area contributed by atoms with Gasteiger partial charge < -0.3 is 9.47 Å². The van der Waals surface area contributed by atoms with E-state index < -0.39 is 10.0 Å². The summed E-state index contributed by atoms with van der Waals surface area (Å²) in [6, 6.07) is 12.1. The highest BCUT2D eigenvalue weighted by atomic mass is 35.5. The number of aromatic nitrogens is 2. The largest absolute Gasteiger partial charge is 0.340 e. The minimum atomic E-state index is -3.77. The van der Waals surface area contributed by atoms with Crippen molar-refractivity contribution in [2.45, 2.75) is 17.9 Å². The van der Waals surface area contributed by atoms with Gasteiger partial charge in [0.1, 0.15) is 4.90 Å². The van der Waals surface area contributed by atoms with Gasteiger partial charge in [-0.1, -0.05) is 35.3 Å². The van der Waals surface area contributed by atoms with E-state index in [0.29, 0.717) is 31.1 Å². The highest BCUT2D eigenvalue weighted by molar-refractivity contribution is 7.89. The molecule has 0 spiro atoms. The Labute approximate surface area is 184 Å². The van der Waals surface area contributed by atoms with Gasteiger partial charge in [-0.05, 0) is 30.3 Å². The molecular formula is C20H20Cl2N4O3S. The summed E-state index contributed by atoms with van der Waals surface area (Å²) in [6.45, 7) is 1.62. The summed E-state index contributed by atoms with van der Waals surface area (Å²) in [5.41, 5.74) is 1.88. The SMILES string of the molecule is O=C(CCn1cnc2ccccc21)N1CCN(S(=O)(=O)c2cc(Cl)ccc2Cl)CC1. The molecule has 0 unspecified atom stereocenters. The number of aryl methyl sites for hydroxylation is 1. The standard InChI is InChI=1S/C20H20Cl2N4O3S/c21-15-5-6-16(22)19(13-15)30(28,29)26-11-9-24(10-12-26)20(27)7-8-25-14-23-17-3-1-2-4-18(17)25/h1-6,13-14H,7-12H2. The van der Waals surface area contributed by atoms with E-state index in [1.807, 2.05) is 28.8 Å². The number of fused-ring (bicyclic) bond motifs is 1. The van der Waals surface area contributed by atoms with Crippen LogP contribution in [-0.4, -0.2) is 59.3 Å². The molecule has 7 nitrogen and oxygen atoms in total. The lowest BCUT2D eigenvalue weighted by molar-refractivity contribution is -0.132. The molecule has 10 heteroatoms. The molecule has 0 aliphatic carbocycles. The Kier molecular flexibility index (Phi) is 6.02. The molecule has 0 bridgehead atoms. The zero-order chi connectivity index (χ0) is 21.3. The van der Waals surface area contributed by atoms with Gasteiger partial charge >= 0.3 is 0 Å². The van der Waals surface area contributed by atoms with Gasteiger partial charge in [-0.15, -0.1) is 0 Å². The Morgan fingerprint density at radius 1 is 1.03 bits per heavy atom. The summed E-state index contributed by atoms with van der Waals surface area (Å²) in [5.74, 6) is -0.00869. The van der Waals surface area contributed by atoms with Crippen LogP contribution in [0.2, 0.25) is 10.0 Å². The van der Waals surface area contributed by atoms with Crippen molar-refractivity contribution in [3.63, 3.8) is 0 Å². The number of carbonyl (C=O) groups excluding carboxylic acids is 1. The van der Waals surface area contributed by atoms with E-state index in [2.05, 4.69) is 4.98 Å². The van der Waals surface area contributed by atoms with E-state index >= 15 is 0 Å². The lowest BCUT2D eigenvalue weighted by atomic mass is 10.3. The average Bonchev–Trinajstić information content (AvgIpc) is 3.17. The molecule has 0 N–H and O–H groups in total. The number of rotatable bonds is 5. The Hall–Kier alpha value is -2.13. The summed E-state index contributed by atoms with van der Waals surface area (Å²) in [5, 5.41) is 0.435. The first-order valence-corrected chi connectivity index (χ1v) is 11.7. The minimum absolute atomic E-state index is 0.00869. The van der Waals surface area contributed by atoms with Crippen molar-refractivity contribution in [1.29, 1.82) is 0 Å². The van der Waals surface area contributed by atoms with Crippen LogP contribution in [-0.2, 0) is 21.4 Å². The summed E-state index contributed by atoms with van der Waals surface area (Å²) in [6.07, 6.45) is 2.06. The number of halogens is 2. The molecular weight excluding hydrogens is 447 g/mol. The first kappa shape index (κ1) is 21.1. The predicted molar refractivity (Wildman–Crippen MR) is 116 cm³/mol. The number of carbonyl (C=O) groups is 1. The van der Waals surface area contributed by atoms with E-state index in [4.69, 9.17) is 23.2 Å². The first-order chi connectivity index (χ1) is 14.4. The third-order valence-electron chi connectivity index (χ3n) is 5.20. The molecule has 4 rings (SSSR count). The molecule has 1 aromatic heterocycles. The zero-order valence-corrected chi connectivity index (χ0v) is 18.4. The van der Waals surface area contributed by atoms with Gasteiger partial charge in [0.2, 0.25) is 15.9 Å². The zero-order valence-electron chi connectivity index (χ0n) is 16.0. The number of hydrogen-bond acceptors (Lipinski definition) is 4. The molecule has 0 radical (unpaired) electrons. The van der Waals surface area contributed by atoms with Crippen molar-refractivity contribution in [2.24, 2.45) is 0 Å². The van der Waals surface area contributed by atoms with Crippen LogP contribution in [0.1, 0.15) is 6.42 Å². The van der Waals surface area contributed by atoms with E-state index in [-0.39, 0.29) is 28.9 Å². The molecule has 1 saturated heterocycles. The number of benzene rings is 2. The summed E-state index contributed by atoms with van der Waals surface area (Å²) in [7, 11) is -3.77. The molecule has 1 fully saturated rings. The van der Waals surface area contributed by atoms with Crippen LogP contribution in [0.25, 0.3) is 11.0 Å². The quantitative estimate of drug-likeness (QED) is 0.578. The molecule has 1 aliphatic rings. The summed E-state index contributed by atoms with van der Waals surface area (Å²) < 4.78 is 29.1. The van der Waals surface area contributed by atoms with E-state index in [1.165, 1.54) is 16.4 Å². The Bertz CT molecular complexity index is 1190. The van der Waals surface area contributed by atoms with Gasteiger partial charge in [0.05, 0.1) is 22.4 Å². The summed E-state index contributed by atoms with van der Waals surface area (Å²) in [4.78, 5) is 18.7. The smallest absolute Gasteiger partial charge is 0.244 e.